The molecule has 1 fully saturated rings. The van der Waals surface area contributed by atoms with Crippen molar-refractivity contribution in [2.24, 2.45) is 0 Å². The molecule has 1 amide bonds. The number of ketones is 2. The van der Waals surface area contributed by atoms with Crippen molar-refractivity contribution in [2.75, 3.05) is 6.54 Å². The van der Waals surface area contributed by atoms with E-state index in [1.807, 2.05) is 0 Å². The molecular weight excluding hydrogens is 466 g/mol. The van der Waals surface area contributed by atoms with E-state index in [4.69, 9.17) is 11.6 Å². The van der Waals surface area contributed by atoms with Gasteiger partial charge in [-0.2, -0.15) is 0 Å². The van der Waals surface area contributed by atoms with Gasteiger partial charge in [-0.05, 0) is 43.2 Å². The van der Waals surface area contributed by atoms with Crippen molar-refractivity contribution in [3.63, 3.8) is 0 Å². The van der Waals surface area contributed by atoms with Gasteiger partial charge < -0.3 is 14.6 Å². The van der Waals surface area contributed by atoms with Gasteiger partial charge in [0.15, 0.2) is 11.6 Å². The maximum Gasteiger partial charge on any atom is 0.243 e. The van der Waals surface area contributed by atoms with E-state index in [1.165, 1.54) is 42.3 Å². The highest BCUT2D eigenvalue weighted by Crippen LogP contribution is 2.28. The van der Waals surface area contributed by atoms with Crippen LogP contribution in [0.1, 0.15) is 35.7 Å². The topological polar surface area (TPSA) is 79.6 Å². The number of aryl methyl sites for hydroxylation is 1. The van der Waals surface area contributed by atoms with Gasteiger partial charge in [-0.25, -0.2) is 8.78 Å². The zero-order chi connectivity index (χ0) is 24.6. The lowest BCUT2D eigenvalue weighted by Crippen LogP contribution is -2.42. The average molecular weight is 489 g/mol. The molecule has 1 aliphatic heterocycles. The van der Waals surface area contributed by atoms with Crippen LogP contribution in [0, 0.1) is 5.82 Å². The van der Waals surface area contributed by atoms with E-state index in [9.17, 15) is 28.3 Å². The van der Waals surface area contributed by atoms with Gasteiger partial charge in [0.05, 0.1) is 17.6 Å². The second kappa shape index (κ2) is 9.54. The van der Waals surface area contributed by atoms with Crippen LogP contribution in [0.2, 0.25) is 5.02 Å². The number of alkyl halides is 1. The predicted molar refractivity (Wildman–Crippen MR) is 123 cm³/mol. The van der Waals surface area contributed by atoms with E-state index in [2.05, 4.69) is 0 Å². The SMILES string of the molecule is CC(=O)c1cn(CC(=O)N2C[C@H](F)C[C@H]2C(=O)CCc2cccc(Cl)c2F)c2ccc(O)cc12. The number of rotatable bonds is 7. The number of benzene rings is 2. The molecule has 2 heterocycles. The molecule has 2 aromatic carbocycles. The lowest BCUT2D eigenvalue weighted by atomic mass is 10.0. The second-order valence-corrected chi connectivity index (χ2v) is 8.91. The second-order valence-electron chi connectivity index (χ2n) is 8.50. The molecule has 1 N–H and O–H groups in total. The van der Waals surface area contributed by atoms with E-state index in [1.54, 1.807) is 16.7 Å². The minimum Gasteiger partial charge on any atom is -0.508 e. The number of aromatic nitrogens is 1. The van der Waals surface area contributed by atoms with Crippen LogP contribution in [0.15, 0.2) is 42.6 Å². The largest absolute Gasteiger partial charge is 0.508 e. The van der Waals surface area contributed by atoms with Gasteiger partial charge in [-0.1, -0.05) is 23.7 Å². The van der Waals surface area contributed by atoms with Crippen LogP contribution in [0.25, 0.3) is 10.9 Å². The standard InChI is InChI=1S/C25H23ClF2N2O4/c1-14(31)19-12-29(21-7-6-17(32)10-18(19)21)13-24(34)30-11-16(27)9-22(30)23(33)8-5-15-3-2-4-20(26)25(15)28/h2-4,6-7,10,12,16,22,32H,5,8-9,11,13H2,1H3/t16-,22+/m1/s1. The van der Waals surface area contributed by atoms with Crippen molar-refractivity contribution in [3.8, 4) is 5.75 Å². The molecule has 9 heteroatoms. The van der Waals surface area contributed by atoms with Crippen LogP contribution in [0.3, 0.4) is 0 Å². The van der Waals surface area contributed by atoms with Crippen LogP contribution in [-0.4, -0.2) is 50.8 Å². The fourth-order valence-electron chi connectivity index (χ4n) is 4.46. The number of phenols is 1. The summed E-state index contributed by atoms with van der Waals surface area (Å²) in [5.74, 6) is -1.65. The minimum absolute atomic E-state index is 0.0132. The smallest absolute Gasteiger partial charge is 0.243 e. The number of phenolic OH excluding ortho intramolecular Hbond substituents is 1. The third kappa shape index (κ3) is 4.68. The molecule has 2 atom stereocenters. The van der Waals surface area contributed by atoms with Crippen molar-refractivity contribution in [3.05, 3.63) is 64.6 Å². The number of aromatic hydroxyl groups is 1. The summed E-state index contributed by atoms with van der Waals surface area (Å²) in [7, 11) is 0. The van der Waals surface area contributed by atoms with Crippen LogP contribution in [-0.2, 0) is 22.6 Å². The Morgan fingerprint density at radius 2 is 1.97 bits per heavy atom. The zero-order valence-electron chi connectivity index (χ0n) is 18.4. The summed E-state index contributed by atoms with van der Waals surface area (Å²) >= 11 is 5.79. The summed E-state index contributed by atoms with van der Waals surface area (Å²) in [5, 5.41) is 10.2. The van der Waals surface area contributed by atoms with E-state index < -0.39 is 23.9 Å². The molecule has 6 nitrogen and oxygen atoms in total. The van der Waals surface area contributed by atoms with Crippen LogP contribution >= 0.6 is 11.6 Å². The summed E-state index contributed by atoms with van der Waals surface area (Å²) in [5.41, 5.74) is 1.19. The number of fused-ring (bicyclic) bond motifs is 1. The Labute approximate surface area is 199 Å². The number of hydrogen-bond acceptors (Lipinski definition) is 4. The monoisotopic (exact) mass is 488 g/mol. The lowest BCUT2D eigenvalue weighted by molar-refractivity contribution is -0.138. The highest BCUT2D eigenvalue weighted by atomic mass is 35.5. The summed E-state index contributed by atoms with van der Waals surface area (Å²) in [4.78, 5) is 39.2. The molecule has 1 aliphatic rings. The number of amides is 1. The van der Waals surface area contributed by atoms with Gasteiger partial charge in [0, 0.05) is 35.5 Å². The fourth-order valence-corrected chi connectivity index (χ4v) is 4.66. The molecule has 34 heavy (non-hydrogen) atoms. The highest BCUT2D eigenvalue weighted by molar-refractivity contribution is 6.30. The van der Waals surface area contributed by atoms with E-state index in [0.29, 0.717) is 16.5 Å². The van der Waals surface area contributed by atoms with Gasteiger partial charge in [0.25, 0.3) is 0 Å². The number of likely N-dealkylation sites (tertiary alicyclic amines) is 1. The van der Waals surface area contributed by atoms with E-state index >= 15 is 0 Å². The molecule has 3 aromatic rings. The average Bonchev–Trinajstić information content (AvgIpc) is 3.35. The lowest BCUT2D eigenvalue weighted by Gasteiger charge is -2.24. The number of carbonyl (C=O) groups excluding carboxylic acids is 3. The predicted octanol–water partition coefficient (Wildman–Crippen LogP) is 4.48. The molecule has 0 spiro atoms. The Bertz CT molecular complexity index is 1290. The van der Waals surface area contributed by atoms with Crippen LogP contribution in [0.5, 0.6) is 5.75 Å². The maximum absolute atomic E-state index is 14.3. The van der Waals surface area contributed by atoms with Crippen molar-refractivity contribution in [1.82, 2.24) is 9.47 Å². The summed E-state index contributed by atoms with van der Waals surface area (Å²) in [6.45, 7) is 0.977. The van der Waals surface area contributed by atoms with Crippen molar-refractivity contribution in [1.29, 1.82) is 0 Å². The molecule has 0 saturated carbocycles. The summed E-state index contributed by atoms with van der Waals surface area (Å²) in [6.07, 6.45) is 0.104. The Kier molecular flexibility index (Phi) is 6.70. The molecule has 0 radical (unpaired) electrons. The molecule has 178 valence electrons. The number of hydrogen-bond donors (Lipinski definition) is 1. The number of halogens is 3. The Morgan fingerprint density at radius 1 is 1.21 bits per heavy atom. The van der Waals surface area contributed by atoms with Gasteiger partial charge in [0.2, 0.25) is 5.91 Å². The Hall–Kier alpha value is -3.26. The first-order chi connectivity index (χ1) is 16.2. The van der Waals surface area contributed by atoms with Crippen LogP contribution in [0.4, 0.5) is 8.78 Å². The van der Waals surface area contributed by atoms with Gasteiger partial charge in [0.1, 0.15) is 24.3 Å². The van der Waals surface area contributed by atoms with Gasteiger partial charge in [-0.15, -0.1) is 0 Å². The zero-order valence-corrected chi connectivity index (χ0v) is 19.2. The number of Topliss-reactive ketones (excluding diaryl/α,β-unsaturated/α-hetero) is 2. The van der Waals surface area contributed by atoms with Crippen LogP contribution < -0.4 is 0 Å². The first-order valence-electron chi connectivity index (χ1n) is 10.9. The van der Waals surface area contributed by atoms with Crippen molar-refractivity contribution in [2.45, 2.75) is 44.9 Å². The Morgan fingerprint density at radius 3 is 2.71 bits per heavy atom. The van der Waals surface area contributed by atoms with Gasteiger partial charge >= 0.3 is 0 Å². The third-order valence-electron chi connectivity index (χ3n) is 6.16. The minimum atomic E-state index is -1.34. The van der Waals surface area contributed by atoms with E-state index in [0.717, 1.165) is 0 Å². The number of nitrogens with zero attached hydrogens (tertiary/aromatic N) is 2. The van der Waals surface area contributed by atoms with E-state index in [-0.39, 0.29) is 60.3 Å². The molecule has 0 aliphatic carbocycles. The molecule has 0 bridgehead atoms. The fraction of sp³-hybridized carbons (Fsp3) is 0.320. The number of carbonyl (C=O) groups is 3. The first-order valence-corrected chi connectivity index (χ1v) is 11.3. The third-order valence-corrected chi connectivity index (χ3v) is 6.46. The molecule has 0 unspecified atom stereocenters. The molecule has 1 saturated heterocycles. The van der Waals surface area contributed by atoms with Crippen molar-refractivity contribution < 1.29 is 28.3 Å². The molecule has 4 rings (SSSR count). The summed E-state index contributed by atoms with van der Waals surface area (Å²) < 4.78 is 30.0. The molecular formula is C25H23ClF2N2O4. The normalized spacial score (nSPS) is 17.9. The highest BCUT2D eigenvalue weighted by Gasteiger charge is 2.39. The van der Waals surface area contributed by atoms with Gasteiger partial charge in [-0.3, -0.25) is 14.4 Å². The quantitative estimate of drug-likeness (QED) is 0.497. The van der Waals surface area contributed by atoms with Crippen molar-refractivity contribution >= 4 is 40.0 Å². The Balaban J connectivity index is 1.51. The molecule has 1 aromatic heterocycles. The summed E-state index contributed by atoms with van der Waals surface area (Å²) in [6, 6.07) is 8.08. The first kappa shape index (κ1) is 23.9. The maximum atomic E-state index is 14.3.